The van der Waals surface area contributed by atoms with Gasteiger partial charge in [-0.15, -0.1) is 0 Å². The smallest absolute Gasteiger partial charge is 0.278 e. The molecule has 2 heterocycles. The van der Waals surface area contributed by atoms with E-state index in [1.807, 2.05) is 0 Å². The minimum atomic E-state index is -0.274. The number of anilines is 1. The summed E-state index contributed by atoms with van der Waals surface area (Å²) >= 11 is 6.22. The first-order valence-corrected chi connectivity index (χ1v) is 6.44. The van der Waals surface area contributed by atoms with Gasteiger partial charge in [0.1, 0.15) is 5.82 Å². The summed E-state index contributed by atoms with van der Waals surface area (Å²) in [5, 5.41) is 4.89. The standard InChI is InChI=1S/C12H17ClN4O2/c1-16(19-2)12(18)9-7-10(13)11(15-8-9)17-5-3-14-4-6-17/h7-8,14H,3-6H2,1-2H3. The van der Waals surface area contributed by atoms with E-state index in [2.05, 4.69) is 15.2 Å². The fraction of sp³-hybridized carbons (Fsp3) is 0.500. The monoisotopic (exact) mass is 284 g/mol. The van der Waals surface area contributed by atoms with E-state index < -0.39 is 0 Å². The molecular formula is C12H17ClN4O2. The highest BCUT2D eigenvalue weighted by Crippen LogP contribution is 2.24. The number of hydrogen-bond acceptors (Lipinski definition) is 5. The molecule has 1 fully saturated rings. The normalized spacial score (nSPS) is 15.4. The number of carbonyl (C=O) groups is 1. The van der Waals surface area contributed by atoms with Crippen molar-refractivity contribution in [3.63, 3.8) is 0 Å². The maximum atomic E-state index is 11.9. The number of hydroxylamine groups is 2. The molecule has 1 aliphatic heterocycles. The number of rotatable bonds is 3. The Morgan fingerprint density at radius 2 is 2.21 bits per heavy atom. The number of amides is 1. The molecule has 0 atom stereocenters. The van der Waals surface area contributed by atoms with E-state index >= 15 is 0 Å². The molecule has 0 saturated carbocycles. The van der Waals surface area contributed by atoms with Gasteiger partial charge in [0, 0.05) is 39.4 Å². The lowest BCUT2D eigenvalue weighted by Crippen LogP contribution is -2.44. The van der Waals surface area contributed by atoms with Crippen LogP contribution in [0, 0.1) is 0 Å². The maximum Gasteiger partial charge on any atom is 0.278 e. The highest BCUT2D eigenvalue weighted by Gasteiger charge is 2.18. The molecule has 0 unspecified atom stereocenters. The van der Waals surface area contributed by atoms with Crippen molar-refractivity contribution in [3.8, 4) is 0 Å². The molecule has 0 bridgehead atoms. The molecule has 2 rings (SSSR count). The van der Waals surface area contributed by atoms with Crippen LogP contribution in [0.2, 0.25) is 5.02 Å². The summed E-state index contributed by atoms with van der Waals surface area (Å²) in [5.74, 6) is 0.448. The van der Waals surface area contributed by atoms with Gasteiger partial charge in [-0.25, -0.2) is 10.0 Å². The van der Waals surface area contributed by atoms with E-state index in [0.29, 0.717) is 10.6 Å². The van der Waals surface area contributed by atoms with Gasteiger partial charge in [0.05, 0.1) is 17.7 Å². The minimum absolute atomic E-state index is 0.274. The predicted molar refractivity (Wildman–Crippen MR) is 73.4 cm³/mol. The van der Waals surface area contributed by atoms with E-state index in [0.717, 1.165) is 37.1 Å². The molecule has 1 N–H and O–H groups in total. The van der Waals surface area contributed by atoms with Crippen molar-refractivity contribution >= 4 is 23.3 Å². The number of aromatic nitrogens is 1. The number of pyridine rings is 1. The highest BCUT2D eigenvalue weighted by atomic mass is 35.5. The molecule has 0 aliphatic carbocycles. The number of nitrogens with zero attached hydrogens (tertiary/aromatic N) is 3. The second-order valence-corrected chi connectivity index (χ2v) is 4.66. The van der Waals surface area contributed by atoms with Crippen LogP contribution in [0.25, 0.3) is 0 Å². The Morgan fingerprint density at radius 1 is 1.53 bits per heavy atom. The predicted octanol–water partition coefficient (Wildman–Crippen LogP) is 0.778. The van der Waals surface area contributed by atoms with Crippen LogP contribution in [-0.2, 0) is 4.84 Å². The molecule has 1 aromatic heterocycles. The largest absolute Gasteiger partial charge is 0.353 e. The summed E-state index contributed by atoms with van der Waals surface area (Å²) < 4.78 is 0. The summed E-state index contributed by atoms with van der Waals surface area (Å²) in [6, 6.07) is 1.63. The summed E-state index contributed by atoms with van der Waals surface area (Å²) in [7, 11) is 2.97. The van der Waals surface area contributed by atoms with Gasteiger partial charge in [-0.2, -0.15) is 0 Å². The summed E-state index contributed by atoms with van der Waals surface area (Å²) in [6.07, 6.45) is 1.53. The Bertz CT molecular complexity index is 463. The second kappa shape index (κ2) is 6.18. The Balaban J connectivity index is 2.19. The Kier molecular flexibility index (Phi) is 4.57. The lowest BCUT2D eigenvalue weighted by Gasteiger charge is -2.29. The lowest BCUT2D eigenvalue weighted by molar-refractivity contribution is -0.0757. The molecule has 104 valence electrons. The quantitative estimate of drug-likeness (QED) is 0.831. The van der Waals surface area contributed by atoms with Crippen molar-refractivity contribution in [2.75, 3.05) is 45.2 Å². The number of carbonyl (C=O) groups excluding carboxylic acids is 1. The van der Waals surface area contributed by atoms with Crippen molar-refractivity contribution in [2.24, 2.45) is 0 Å². The van der Waals surface area contributed by atoms with Crippen molar-refractivity contribution in [1.82, 2.24) is 15.4 Å². The molecular weight excluding hydrogens is 268 g/mol. The molecule has 1 aromatic rings. The van der Waals surface area contributed by atoms with Crippen molar-refractivity contribution in [1.29, 1.82) is 0 Å². The molecule has 0 aromatic carbocycles. The zero-order valence-electron chi connectivity index (χ0n) is 11.0. The maximum absolute atomic E-state index is 11.9. The summed E-state index contributed by atoms with van der Waals surface area (Å²) in [5.41, 5.74) is 0.410. The van der Waals surface area contributed by atoms with E-state index in [4.69, 9.17) is 16.4 Å². The van der Waals surface area contributed by atoms with Gasteiger partial charge in [0.2, 0.25) is 0 Å². The van der Waals surface area contributed by atoms with Gasteiger partial charge in [0.15, 0.2) is 0 Å². The molecule has 6 nitrogen and oxygen atoms in total. The third kappa shape index (κ3) is 3.15. The number of halogens is 1. The van der Waals surface area contributed by atoms with Crippen molar-refractivity contribution in [3.05, 3.63) is 22.8 Å². The Labute approximate surface area is 117 Å². The van der Waals surface area contributed by atoms with Crippen LogP contribution in [-0.4, -0.2) is 56.3 Å². The summed E-state index contributed by atoms with van der Waals surface area (Å²) in [6.45, 7) is 3.53. The van der Waals surface area contributed by atoms with E-state index in [-0.39, 0.29) is 5.91 Å². The molecule has 19 heavy (non-hydrogen) atoms. The van der Waals surface area contributed by atoms with Gasteiger partial charge >= 0.3 is 0 Å². The Morgan fingerprint density at radius 3 is 2.79 bits per heavy atom. The van der Waals surface area contributed by atoms with E-state index in [9.17, 15) is 4.79 Å². The van der Waals surface area contributed by atoms with Gasteiger partial charge in [-0.05, 0) is 6.07 Å². The zero-order chi connectivity index (χ0) is 13.8. The van der Waals surface area contributed by atoms with Gasteiger partial charge in [0.25, 0.3) is 5.91 Å². The van der Waals surface area contributed by atoms with E-state index in [1.54, 1.807) is 13.1 Å². The van der Waals surface area contributed by atoms with Crippen molar-refractivity contribution in [2.45, 2.75) is 0 Å². The minimum Gasteiger partial charge on any atom is -0.353 e. The van der Waals surface area contributed by atoms with Crippen LogP contribution in [0.5, 0.6) is 0 Å². The molecule has 7 heteroatoms. The first-order chi connectivity index (χ1) is 9.13. The average Bonchev–Trinajstić information content (AvgIpc) is 2.46. The number of piperazine rings is 1. The number of nitrogens with one attached hydrogen (secondary N) is 1. The molecule has 1 aliphatic rings. The SMILES string of the molecule is CON(C)C(=O)c1cnc(N2CCNCC2)c(Cl)c1. The van der Waals surface area contributed by atoms with Gasteiger partial charge < -0.3 is 10.2 Å². The third-order valence-corrected chi connectivity index (χ3v) is 3.32. The molecule has 0 spiro atoms. The van der Waals surface area contributed by atoms with Crippen LogP contribution >= 0.6 is 11.6 Å². The molecule has 1 saturated heterocycles. The molecule has 0 radical (unpaired) electrons. The van der Waals surface area contributed by atoms with Gasteiger partial charge in [-0.1, -0.05) is 11.6 Å². The first kappa shape index (κ1) is 14.0. The Hall–Kier alpha value is -1.37. The van der Waals surface area contributed by atoms with E-state index in [1.165, 1.54) is 13.3 Å². The van der Waals surface area contributed by atoms with Crippen LogP contribution in [0.4, 0.5) is 5.82 Å². The first-order valence-electron chi connectivity index (χ1n) is 6.07. The molecule has 1 amide bonds. The lowest BCUT2D eigenvalue weighted by atomic mass is 10.2. The fourth-order valence-electron chi connectivity index (χ4n) is 1.92. The van der Waals surface area contributed by atoms with Crippen LogP contribution < -0.4 is 10.2 Å². The fourth-order valence-corrected chi connectivity index (χ4v) is 2.21. The number of hydrogen-bond donors (Lipinski definition) is 1. The average molecular weight is 285 g/mol. The third-order valence-electron chi connectivity index (χ3n) is 3.05. The second-order valence-electron chi connectivity index (χ2n) is 4.25. The van der Waals surface area contributed by atoms with Crippen LogP contribution in [0.1, 0.15) is 10.4 Å². The van der Waals surface area contributed by atoms with Crippen LogP contribution in [0.3, 0.4) is 0 Å². The topological polar surface area (TPSA) is 57.7 Å². The van der Waals surface area contributed by atoms with Crippen molar-refractivity contribution < 1.29 is 9.63 Å². The van der Waals surface area contributed by atoms with Crippen LogP contribution in [0.15, 0.2) is 12.3 Å². The highest BCUT2D eigenvalue weighted by molar-refractivity contribution is 6.33. The van der Waals surface area contributed by atoms with Gasteiger partial charge in [-0.3, -0.25) is 9.63 Å². The zero-order valence-corrected chi connectivity index (χ0v) is 11.8. The summed E-state index contributed by atoms with van der Waals surface area (Å²) in [4.78, 5) is 23.1.